The molecule has 1 aromatic rings. The van der Waals surface area contributed by atoms with Gasteiger partial charge in [0.25, 0.3) is 0 Å². The Bertz CT molecular complexity index is 581. The molecule has 0 aliphatic rings. The Morgan fingerprint density at radius 2 is 1.79 bits per heavy atom. The van der Waals surface area contributed by atoms with Crippen molar-refractivity contribution in [3.8, 4) is 6.07 Å². The van der Waals surface area contributed by atoms with E-state index in [9.17, 15) is 13.7 Å². The first-order chi connectivity index (χ1) is 8.88. The maximum absolute atomic E-state index is 12.7. The van der Waals surface area contributed by atoms with E-state index in [0.717, 1.165) is 5.56 Å². The van der Waals surface area contributed by atoms with Crippen molar-refractivity contribution >= 4 is 9.84 Å². The lowest BCUT2D eigenvalue weighted by Gasteiger charge is -2.20. The summed E-state index contributed by atoms with van der Waals surface area (Å²) in [6, 6.07) is 7.34. The summed E-state index contributed by atoms with van der Waals surface area (Å²) in [4.78, 5) is 0.297. The molecule has 19 heavy (non-hydrogen) atoms. The van der Waals surface area contributed by atoms with E-state index in [0.29, 0.717) is 23.3 Å². The number of hydrogen-bond acceptors (Lipinski definition) is 3. The van der Waals surface area contributed by atoms with Crippen molar-refractivity contribution in [2.75, 3.05) is 0 Å². The predicted octanol–water partition coefficient (Wildman–Crippen LogP) is 3.41. The number of rotatable bonds is 5. The van der Waals surface area contributed by atoms with Gasteiger partial charge in [-0.15, -0.1) is 0 Å². The molecular formula is C15H21NO2S. The van der Waals surface area contributed by atoms with Crippen molar-refractivity contribution in [1.29, 1.82) is 5.26 Å². The Kier molecular flexibility index (Phi) is 5.13. The molecule has 0 saturated carbocycles. The van der Waals surface area contributed by atoms with Crippen molar-refractivity contribution in [3.05, 3.63) is 29.3 Å². The normalized spacial score (nSPS) is 13.3. The molecule has 0 saturated heterocycles. The van der Waals surface area contributed by atoms with Crippen LogP contribution in [0.3, 0.4) is 0 Å². The smallest absolute Gasteiger partial charge is 0.195 e. The summed E-state index contributed by atoms with van der Waals surface area (Å²) in [7, 11) is -3.59. The Labute approximate surface area is 116 Å². The van der Waals surface area contributed by atoms with Crippen molar-refractivity contribution in [2.45, 2.75) is 50.7 Å². The average Bonchev–Trinajstić information content (AvgIpc) is 2.38. The van der Waals surface area contributed by atoms with Crippen LogP contribution < -0.4 is 0 Å². The zero-order valence-corrected chi connectivity index (χ0v) is 12.8. The lowest BCUT2D eigenvalue weighted by Crippen LogP contribution is -2.28. The third-order valence-corrected chi connectivity index (χ3v) is 5.80. The van der Waals surface area contributed by atoms with Crippen LogP contribution in [-0.2, 0) is 9.84 Å². The molecule has 0 bridgehead atoms. The Morgan fingerprint density at radius 3 is 2.26 bits per heavy atom. The molecule has 1 atom stereocenters. The summed E-state index contributed by atoms with van der Waals surface area (Å²) in [6.07, 6.45) is 1.39. The molecular weight excluding hydrogens is 258 g/mol. The van der Waals surface area contributed by atoms with E-state index in [1.807, 2.05) is 32.9 Å². The molecule has 0 aliphatic carbocycles. The van der Waals surface area contributed by atoms with Gasteiger partial charge in [0.1, 0.15) is 0 Å². The third-order valence-electron chi connectivity index (χ3n) is 3.59. The Balaban J connectivity index is 3.37. The lowest BCUT2D eigenvalue weighted by molar-refractivity contribution is 0.486. The molecule has 0 fully saturated rings. The van der Waals surface area contributed by atoms with Crippen LogP contribution in [0, 0.1) is 31.1 Å². The van der Waals surface area contributed by atoms with Gasteiger partial charge in [-0.1, -0.05) is 38.8 Å². The topological polar surface area (TPSA) is 57.9 Å². The maximum Gasteiger partial charge on any atom is 0.195 e. The Hall–Kier alpha value is -1.34. The van der Waals surface area contributed by atoms with Gasteiger partial charge < -0.3 is 0 Å². The van der Waals surface area contributed by atoms with Gasteiger partial charge in [-0.2, -0.15) is 5.26 Å². The molecule has 0 amide bonds. The molecule has 4 heteroatoms. The van der Waals surface area contributed by atoms with Gasteiger partial charge in [0.05, 0.1) is 11.0 Å². The second-order valence-corrected chi connectivity index (χ2v) is 6.98. The average molecular weight is 279 g/mol. The maximum atomic E-state index is 12.7. The SMILES string of the molecule is CCC(CC)C(C#N)S(=O)(=O)c1cc(C)ccc1C. The predicted molar refractivity (Wildman–Crippen MR) is 76.6 cm³/mol. The van der Waals surface area contributed by atoms with E-state index in [2.05, 4.69) is 0 Å². The van der Waals surface area contributed by atoms with Gasteiger partial charge in [0.15, 0.2) is 15.1 Å². The van der Waals surface area contributed by atoms with Crippen LogP contribution in [-0.4, -0.2) is 13.7 Å². The minimum Gasteiger partial charge on any atom is -0.222 e. The monoisotopic (exact) mass is 279 g/mol. The molecule has 1 rings (SSSR count). The minimum absolute atomic E-state index is 0.116. The molecule has 104 valence electrons. The number of hydrogen-bond donors (Lipinski definition) is 0. The van der Waals surface area contributed by atoms with E-state index >= 15 is 0 Å². The third kappa shape index (κ3) is 3.16. The second-order valence-electron chi connectivity index (χ2n) is 4.94. The molecule has 0 N–H and O–H groups in total. The fourth-order valence-corrected chi connectivity index (χ4v) is 4.47. The van der Waals surface area contributed by atoms with Gasteiger partial charge in [0, 0.05) is 0 Å². The van der Waals surface area contributed by atoms with E-state index in [1.54, 1.807) is 19.1 Å². The summed E-state index contributed by atoms with van der Waals surface area (Å²) >= 11 is 0. The summed E-state index contributed by atoms with van der Waals surface area (Å²) in [6.45, 7) is 7.48. The van der Waals surface area contributed by atoms with Gasteiger partial charge in [-0.05, 0) is 37.0 Å². The standard InChI is InChI=1S/C15H21NO2S/c1-5-13(6-2)15(10-16)19(17,18)14-9-11(3)7-8-12(14)4/h7-9,13,15H,5-6H2,1-4H3. The van der Waals surface area contributed by atoms with Crippen LogP contribution in [0.1, 0.15) is 37.8 Å². The molecule has 0 spiro atoms. The molecule has 0 aromatic heterocycles. The lowest BCUT2D eigenvalue weighted by atomic mass is 10.00. The first-order valence-electron chi connectivity index (χ1n) is 6.59. The number of nitriles is 1. The summed E-state index contributed by atoms with van der Waals surface area (Å²) < 4.78 is 25.3. The van der Waals surface area contributed by atoms with Crippen molar-refractivity contribution in [3.63, 3.8) is 0 Å². The highest BCUT2D eigenvalue weighted by Crippen LogP contribution is 2.28. The molecule has 1 aromatic carbocycles. The Morgan fingerprint density at radius 1 is 1.21 bits per heavy atom. The van der Waals surface area contributed by atoms with E-state index in [4.69, 9.17) is 0 Å². The minimum atomic E-state index is -3.59. The van der Waals surface area contributed by atoms with Crippen molar-refractivity contribution < 1.29 is 8.42 Å². The fourth-order valence-electron chi connectivity index (χ4n) is 2.30. The fraction of sp³-hybridized carbons (Fsp3) is 0.533. The van der Waals surface area contributed by atoms with Gasteiger partial charge in [0.2, 0.25) is 0 Å². The van der Waals surface area contributed by atoms with Crippen LogP contribution in [0.25, 0.3) is 0 Å². The largest absolute Gasteiger partial charge is 0.222 e. The zero-order chi connectivity index (χ0) is 14.6. The number of aryl methyl sites for hydroxylation is 2. The highest BCUT2D eigenvalue weighted by atomic mass is 32.2. The highest BCUT2D eigenvalue weighted by Gasteiger charge is 2.34. The van der Waals surface area contributed by atoms with Crippen LogP contribution in [0.5, 0.6) is 0 Å². The first kappa shape index (κ1) is 15.7. The van der Waals surface area contributed by atoms with Crippen molar-refractivity contribution in [2.24, 2.45) is 5.92 Å². The van der Waals surface area contributed by atoms with E-state index in [-0.39, 0.29) is 5.92 Å². The zero-order valence-electron chi connectivity index (χ0n) is 12.0. The number of benzene rings is 1. The van der Waals surface area contributed by atoms with E-state index < -0.39 is 15.1 Å². The van der Waals surface area contributed by atoms with Gasteiger partial charge >= 0.3 is 0 Å². The second kappa shape index (κ2) is 6.21. The highest BCUT2D eigenvalue weighted by molar-refractivity contribution is 7.92. The number of nitrogens with zero attached hydrogens (tertiary/aromatic N) is 1. The molecule has 0 radical (unpaired) electrons. The first-order valence-corrected chi connectivity index (χ1v) is 8.13. The summed E-state index contributed by atoms with van der Waals surface area (Å²) in [5.74, 6) is -0.116. The molecule has 0 aliphatic heterocycles. The van der Waals surface area contributed by atoms with Gasteiger partial charge in [-0.3, -0.25) is 0 Å². The van der Waals surface area contributed by atoms with Crippen molar-refractivity contribution in [1.82, 2.24) is 0 Å². The van der Waals surface area contributed by atoms with Crippen LogP contribution in [0.4, 0.5) is 0 Å². The van der Waals surface area contributed by atoms with Gasteiger partial charge in [-0.25, -0.2) is 8.42 Å². The van der Waals surface area contributed by atoms with Crippen LogP contribution in [0.2, 0.25) is 0 Å². The summed E-state index contributed by atoms with van der Waals surface area (Å²) in [5.41, 5.74) is 1.60. The van der Waals surface area contributed by atoms with Crippen LogP contribution >= 0.6 is 0 Å². The molecule has 1 unspecified atom stereocenters. The van der Waals surface area contributed by atoms with E-state index in [1.165, 1.54) is 0 Å². The summed E-state index contributed by atoms with van der Waals surface area (Å²) in [5, 5.41) is 8.33. The van der Waals surface area contributed by atoms with Crippen LogP contribution in [0.15, 0.2) is 23.1 Å². The molecule has 3 nitrogen and oxygen atoms in total. The quantitative estimate of drug-likeness (QED) is 0.830. The molecule has 0 heterocycles. The number of sulfone groups is 1.